The first kappa shape index (κ1) is 14.6. The standard InChI is InChI=1S/C15H23N/c1-7-10-14(8-2)15(9-3)11-16-13(6)12(4)5/h8,10-11H,2,4,7,9H2,1,3,5-6H3/b14-10+,15-11+,16-13?. The number of rotatable bonds is 6. The fourth-order valence-electron chi connectivity index (χ4n) is 1.22. The molecule has 0 amide bonds. The van der Waals surface area contributed by atoms with Crippen molar-refractivity contribution in [1.82, 2.24) is 0 Å². The molecule has 0 aliphatic carbocycles. The topological polar surface area (TPSA) is 12.4 Å². The lowest BCUT2D eigenvalue weighted by atomic mass is 10.0. The van der Waals surface area contributed by atoms with Crippen molar-refractivity contribution in [3.63, 3.8) is 0 Å². The summed E-state index contributed by atoms with van der Waals surface area (Å²) in [6, 6.07) is 0. The largest absolute Gasteiger partial charge is 0.261 e. The Bertz CT molecular complexity index is 340. The molecule has 0 rings (SSSR count). The average Bonchev–Trinajstić information content (AvgIpc) is 2.27. The molecule has 0 aliphatic heterocycles. The molecule has 16 heavy (non-hydrogen) atoms. The Kier molecular flexibility index (Phi) is 7.19. The lowest BCUT2D eigenvalue weighted by Gasteiger charge is -2.04. The van der Waals surface area contributed by atoms with Gasteiger partial charge in [0.2, 0.25) is 0 Å². The highest BCUT2D eigenvalue weighted by atomic mass is 14.7. The maximum absolute atomic E-state index is 4.41. The van der Waals surface area contributed by atoms with E-state index in [4.69, 9.17) is 0 Å². The fourth-order valence-corrected chi connectivity index (χ4v) is 1.22. The Morgan fingerprint density at radius 2 is 1.88 bits per heavy atom. The van der Waals surface area contributed by atoms with Crippen LogP contribution in [0.2, 0.25) is 0 Å². The van der Waals surface area contributed by atoms with Crippen LogP contribution < -0.4 is 0 Å². The van der Waals surface area contributed by atoms with Crippen molar-refractivity contribution < 1.29 is 0 Å². The second-order valence-corrected chi connectivity index (χ2v) is 3.77. The second kappa shape index (κ2) is 7.86. The van der Waals surface area contributed by atoms with Gasteiger partial charge >= 0.3 is 0 Å². The second-order valence-electron chi connectivity index (χ2n) is 3.77. The molecule has 0 saturated carbocycles. The molecule has 0 fully saturated rings. The summed E-state index contributed by atoms with van der Waals surface area (Å²) in [7, 11) is 0. The van der Waals surface area contributed by atoms with Gasteiger partial charge in [-0.25, -0.2) is 0 Å². The molecule has 0 aromatic carbocycles. The minimum absolute atomic E-state index is 0.963. The van der Waals surface area contributed by atoms with Gasteiger partial charge in [-0.05, 0) is 43.4 Å². The van der Waals surface area contributed by atoms with Crippen LogP contribution in [0, 0.1) is 0 Å². The number of nitrogens with zero attached hydrogens (tertiary/aromatic N) is 1. The van der Waals surface area contributed by atoms with Crippen molar-refractivity contribution in [2.75, 3.05) is 0 Å². The molecule has 0 bridgehead atoms. The normalized spacial score (nSPS) is 13.9. The van der Waals surface area contributed by atoms with Crippen LogP contribution in [-0.4, -0.2) is 5.71 Å². The Labute approximate surface area is 100.0 Å². The summed E-state index contributed by atoms with van der Waals surface area (Å²) in [5.74, 6) is 0. The van der Waals surface area contributed by atoms with E-state index in [-0.39, 0.29) is 0 Å². The van der Waals surface area contributed by atoms with Crippen molar-refractivity contribution in [2.24, 2.45) is 4.99 Å². The third-order valence-electron chi connectivity index (χ3n) is 2.43. The van der Waals surface area contributed by atoms with Crippen LogP contribution in [0.4, 0.5) is 0 Å². The molecule has 0 saturated heterocycles. The third-order valence-corrected chi connectivity index (χ3v) is 2.43. The Hall–Kier alpha value is -1.37. The minimum atomic E-state index is 0.963. The van der Waals surface area contributed by atoms with Crippen LogP contribution in [-0.2, 0) is 0 Å². The Morgan fingerprint density at radius 1 is 1.25 bits per heavy atom. The van der Waals surface area contributed by atoms with E-state index in [0.29, 0.717) is 0 Å². The van der Waals surface area contributed by atoms with Gasteiger partial charge < -0.3 is 0 Å². The summed E-state index contributed by atoms with van der Waals surface area (Å²) < 4.78 is 0. The molecular weight excluding hydrogens is 194 g/mol. The maximum atomic E-state index is 4.41. The first-order valence-electron chi connectivity index (χ1n) is 5.79. The van der Waals surface area contributed by atoms with Gasteiger partial charge in [0.05, 0.1) is 0 Å². The van der Waals surface area contributed by atoms with Gasteiger partial charge in [0, 0.05) is 11.9 Å². The summed E-state index contributed by atoms with van der Waals surface area (Å²) in [6.07, 6.45) is 7.97. The highest BCUT2D eigenvalue weighted by Gasteiger charge is 1.98. The van der Waals surface area contributed by atoms with E-state index in [1.807, 2.05) is 26.1 Å². The van der Waals surface area contributed by atoms with Crippen LogP contribution in [0.3, 0.4) is 0 Å². The van der Waals surface area contributed by atoms with Crippen molar-refractivity contribution >= 4 is 5.71 Å². The molecule has 0 aliphatic rings. The van der Waals surface area contributed by atoms with Gasteiger partial charge in [-0.15, -0.1) is 0 Å². The smallest absolute Gasteiger partial charge is 0.0395 e. The van der Waals surface area contributed by atoms with Gasteiger partial charge in [0.15, 0.2) is 0 Å². The van der Waals surface area contributed by atoms with E-state index < -0.39 is 0 Å². The molecule has 88 valence electrons. The predicted molar refractivity (Wildman–Crippen MR) is 74.9 cm³/mol. The van der Waals surface area contributed by atoms with Crippen LogP contribution in [0.15, 0.2) is 53.2 Å². The van der Waals surface area contributed by atoms with Crippen molar-refractivity contribution in [3.05, 3.63) is 48.2 Å². The van der Waals surface area contributed by atoms with E-state index in [0.717, 1.165) is 24.1 Å². The Balaban J connectivity index is 5.06. The zero-order valence-electron chi connectivity index (χ0n) is 11.0. The molecule has 0 radical (unpaired) electrons. The lowest BCUT2D eigenvalue weighted by Crippen LogP contribution is -1.91. The molecule has 0 aromatic rings. The molecule has 0 heterocycles. The van der Waals surface area contributed by atoms with Gasteiger partial charge in [-0.1, -0.05) is 39.2 Å². The predicted octanol–water partition coefficient (Wildman–Crippen LogP) is 4.84. The molecule has 0 N–H and O–H groups in total. The van der Waals surface area contributed by atoms with E-state index >= 15 is 0 Å². The van der Waals surface area contributed by atoms with Gasteiger partial charge in [-0.3, -0.25) is 4.99 Å². The summed E-state index contributed by atoms with van der Waals surface area (Å²) in [4.78, 5) is 4.41. The molecular formula is C15H23N. The third kappa shape index (κ3) is 4.92. The van der Waals surface area contributed by atoms with Crippen molar-refractivity contribution in [2.45, 2.75) is 40.5 Å². The zero-order valence-corrected chi connectivity index (χ0v) is 11.0. The molecule has 1 heteroatoms. The monoisotopic (exact) mass is 217 g/mol. The van der Waals surface area contributed by atoms with E-state index in [1.165, 1.54) is 11.1 Å². The number of allylic oxidation sites excluding steroid dienone is 5. The molecule has 0 unspecified atom stereocenters. The SMILES string of the molecule is C=CC(=C\CC)/C(=C/N=C(C)C(=C)C)CC. The maximum Gasteiger partial charge on any atom is 0.0395 e. The fraction of sp³-hybridized carbons (Fsp3) is 0.400. The highest BCUT2D eigenvalue weighted by Crippen LogP contribution is 2.16. The van der Waals surface area contributed by atoms with Crippen molar-refractivity contribution in [1.29, 1.82) is 0 Å². The molecule has 1 nitrogen and oxygen atoms in total. The zero-order chi connectivity index (χ0) is 12.6. The van der Waals surface area contributed by atoms with Crippen molar-refractivity contribution in [3.8, 4) is 0 Å². The Morgan fingerprint density at radius 3 is 2.25 bits per heavy atom. The van der Waals surface area contributed by atoms with Gasteiger partial charge in [-0.2, -0.15) is 0 Å². The number of hydrogen-bond acceptors (Lipinski definition) is 1. The quantitative estimate of drug-likeness (QED) is 0.446. The minimum Gasteiger partial charge on any atom is -0.261 e. The first-order valence-corrected chi connectivity index (χ1v) is 5.79. The summed E-state index contributed by atoms with van der Waals surface area (Å²) in [5.41, 5.74) is 4.39. The highest BCUT2D eigenvalue weighted by molar-refractivity contribution is 5.97. The van der Waals surface area contributed by atoms with E-state index in [1.54, 1.807) is 0 Å². The summed E-state index contributed by atoms with van der Waals surface area (Å²) >= 11 is 0. The van der Waals surface area contributed by atoms with Crippen LogP contribution in [0.25, 0.3) is 0 Å². The van der Waals surface area contributed by atoms with Gasteiger partial charge in [0.25, 0.3) is 0 Å². The van der Waals surface area contributed by atoms with E-state index in [9.17, 15) is 0 Å². The lowest BCUT2D eigenvalue weighted by molar-refractivity contribution is 1.09. The van der Waals surface area contributed by atoms with Crippen LogP contribution in [0.1, 0.15) is 40.5 Å². The number of hydrogen-bond donors (Lipinski definition) is 0. The average molecular weight is 217 g/mol. The molecule has 0 spiro atoms. The molecule has 0 atom stereocenters. The molecule has 0 aromatic heterocycles. The summed E-state index contributed by atoms with van der Waals surface area (Å²) in [5, 5.41) is 0. The van der Waals surface area contributed by atoms with Gasteiger partial charge in [0.1, 0.15) is 0 Å². The van der Waals surface area contributed by atoms with Crippen LogP contribution in [0.5, 0.6) is 0 Å². The number of aliphatic imine (C=N–C) groups is 1. The van der Waals surface area contributed by atoms with E-state index in [2.05, 4.69) is 38.1 Å². The summed E-state index contributed by atoms with van der Waals surface area (Å²) in [6.45, 7) is 15.9. The first-order chi connectivity index (χ1) is 7.56. The van der Waals surface area contributed by atoms with Crippen LogP contribution >= 0.6 is 0 Å².